The molecule has 3 aromatic carbocycles. The summed E-state index contributed by atoms with van der Waals surface area (Å²) in [7, 11) is 1.51. The first kappa shape index (κ1) is 25.4. The van der Waals surface area contributed by atoms with E-state index in [0.717, 1.165) is 5.56 Å². The van der Waals surface area contributed by atoms with E-state index in [4.69, 9.17) is 19.2 Å². The van der Waals surface area contributed by atoms with Gasteiger partial charge < -0.3 is 14.2 Å². The SMILES string of the molecule is COc1cc(C=Nn2c(-c3ccccc3)nc3ccccc3c2=O)cc(I)c1OCC(=O)OC(C)C. The van der Waals surface area contributed by atoms with Crippen molar-refractivity contribution in [1.29, 1.82) is 0 Å². The van der Waals surface area contributed by atoms with Gasteiger partial charge in [0.1, 0.15) is 0 Å². The molecule has 0 atom stereocenters. The lowest BCUT2D eigenvalue weighted by atomic mass is 10.2. The molecular weight excluding hydrogens is 573 g/mol. The second kappa shape index (κ2) is 11.3. The van der Waals surface area contributed by atoms with Gasteiger partial charge >= 0.3 is 5.97 Å². The number of nitrogens with zero attached hydrogens (tertiary/aromatic N) is 3. The van der Waals surface area contributed by atoms with E-state index in [1.165, 1.54) is 11.8 Å². The summed E-state index contributed by atoms with van der Waals surface area (Å²) in [6.45, 7) is 3.31. The summed E-state index contributed by atoms with van der Waals surface area (Å²) < 4.78 is 18.3. The van der Waals surface area contributed by atoms with Gasteiger partial charge in [-0.15, -0.1) is 0 Å². The first-order chi connectivity index (χ1) is 17.4. The number of benzene rings is 3. The standard InChI is InChI=1S/C27H24IN3O5/c1-17(2)36-24(32)16-35-25-21(28)13-18(14-23(25)34-3)15-29-31-26(19-9-5-4-6-10-19)30-22-12-8-7-11-20(22)27(31)33/h4-15,17H,16H2,1-3H3. The number of ether oxygens (including phenoxy) is 3. The minimum atomic E-state index is -0.467. The molecule has 9 heteroatoms. The van der Waals surface area contributed by atoms with Crippen LogP contribution in [0.15, 0.2) is 76.6 Å². The highest BCUT2D eigenvalue weighted by molar-refractivity contribution is 14.1. The van der Waals surface area contributed by atoms with Gasteiger partial charge in [-0.3, -0.25) is 4.79 Å². The van der Waals surface area contributed by atoms with Crippen LogP contribution in [0.25, 0.3) is 22.3 Å². The van der Waals surface area contributed by atoms with Crippen molar-refractivity contribution in [1.82, 2.24) is 9.66 Å². The summed E-state index contributed by atoms with van der Waals surface area (Å²) in [6, 6.07) is 20.1. The van der Waals surface area contributed by atoms with Crippen molar-refractivity contribution < 1.29 is 19.0 Å². The Kier molecular flexibility index (Phi) is 7.99. The van der Waals surface area contributed by atoms with Gasteiger partial charge in [-0.05, 0) is 66.3 Å². The van der Waals surface area contributed by atoms with E-state index in [0.29, 0.717) is 37.4 Å². The molecule has 4 rings (SSSR count). The number of aromatic nitrogens is 2. The van der Waals surface area contributed by atoms with E-state index in [9.17, 15) is 9.59 Å². The fourth-order valence-corrected chi connectivity index (χ4v) is 4.29. The zero-order valence-corrected chi connectivity index (χ0v) is 22.1. The number of hydrogen-bond acceptors (Lipinski definition) is 7. The molecule has 0 saturated carbocycles. The fraction of sp³-hybridized carbons (Fsp3) is 0.185. The Bertz CT molecular complexity index is 1480. The Morgan fingerprint density at radius 2 is 1.83 bits per heavy atom. The predicted octanol–water partition coefficient (Wildman–Crippen LogP) is 4.89. The van der Waals surface area contributed by atoms with Gasteiger partial charge in [0.2, 0.25) is 0 Å². The highest BCUT2D eigenvalue weighted by Gasteiger charge is 2.15. The minimum Gasteiger partial charge on any atom is -0.493 e. The molecule has 0 radical (unpaired) electrons. The van der Waals surface area contributed by atoms with Crippen LogP contribution in [0.1, 0.15) is 19.4 Å². The van der Waals surface area contributed by atoms with Crippen molar-refractivity contribution in [3.63, 3.8) is 0 Å². The van der Waals surface area contributed by atoms with Gasteiger partial charge in [0.05, 0.1) is 33.9 Å². The van der Waals surface area contributed by atoms with Crippen LogP contribution in [0.5, 0.6) is 11.5 Å². The quantitative estimate of drug-likeness (QED) is 0.163. The van der Waals surface area contributed by atoms with Crippen LogP contribution in [-0.4, -0.2) is 41.7 Å². The Hall–Kier alpha value is -3.73. The molecule has 1 heterocycles. The van der Waals surface area contributed by atoms with Crippen molar-refractivity contribution in [3.8, 4) is 22.9 Å². The average molecular weight is 597 g/mol. The molecule has 8 nitrogen and oxygen atoms in total. The van der Waals surface area contributed by atoms with Crippen molar-refractivity contribution in [2.24, 2.45) is 5.10 Å². The summed E-state index contributed by atoms with van der Waals surface area (Å²) in [5.41, 5.74) is 1.76. The van der Waals surface area contributed by atoms with Crippen LogP contribution in [0.4, 0.5) is 0 Å². The zero-order chi connectivity index (χ0) is 25.7. The molecule has 0 amide bonds. The number of carbonyl (C=O) groups is 1. The van der Waals surface area contributed by atoms with Crippen LogP contribution < -0.4 is 15.0 Å². The molecule has 1 aromatic heterocycles. The minimum absolute atomic E-state index is 0.227. The monoisotopic (exact) mass is 597 g/mol. The van der Waals surface area contributed by atoms with E-state index in [1.807, 2.05) is 42.5 Å². The number of para-hydroxylation sites is 1. The maximum Gasteiger partial charge on any atom is 0.344 e. The Morgan fingerprint density at radius 1 is 1.11 bits per heavy atom. The number of halogens is 1. The molecule has 0 unspecified atom stereocenters. The van der Waals surface area contributed by atoms with Crippen LogP contribution >= 0.6 is 22.6 Å². The third-order valence-electron chi connectivity index (χ3n) is 5.06. The molecule has 36 heavy (non-hydrogen) atoms. The summed E-state index contributed by atoms with van der Waals surface area (Å²) in [5, 5.41) is 4.97. The number of carbonyl (C=O) groups excluding carboxylic acids is 1. The van der Waals surface area contributed by atoms with Crippen molar-refractivity contribution in [3.05, 3.63) is 86.2 Å². The van der Waals surface area contributed by atoms with Gasteiger partial charge in [-0.25, -0.2) is 9.78 Å². The average Bonchev–Trinajstić information content (AvgIpc) is 2.87. The largest absolute Gasteiger partial charge is 0.493 e. The Balaban J connectivity index is 1.71. The maximum atomic E-state index is 13.3. The second-order valence-corrected chi connectivity index (χ2v) is 9.20. The Morgan fingerprint density at radius 3 is 2.56 bits per heavy atom. The number of esters is 1. The third-order valence-corrected chi connectivity index (χ3v) is 5.86. The first-order valence-electron chi connectivity index (χ1n) is 11.2. The molecular formula is C27H24IN3O5. The van der Waals surface area contributed by atoms with Gasteiger partial charge in [0.15, 0.2) is 23.9 Å². The smallest absolute Gasteiger partial charge is 0.344 e. The lowest BCUT2D eigenvalue weighted by Crippen LogP contribution is -2.20. The fourth-order valence-electron chi connectivity index (χ4n) is 3.51. The summed E-state index contributed by atoms with van der Waals surface area (Å²) in [5.74, 6) is 0.810. The van der Waals surface area contributed by atoms with E-state index in [1.54, 1.807) is 44.3 Å². The molecule has 0 N–H and O–H groups in total. The molecule has 0 spiro atoms. The predicted molar refractivity (Wildman–Crippen MR) is 147 cm³/mol. The number of hydrogen-bond donors (Lipinski definition) is 0. The molecule has 0 bridgehead atoms. The topological polar surface area (TPSA) is 92.0 Å². The van der Waals surface area contributed by atoms with Gasteiger partial charge in [0.25, 0.3) is 5.56 Å². The molecule has 0 aliphatic heterocycles. The van der Waals surface area contributed by atoms with Crippen LogP contribution in [0.3, 0.4) is 0 Å². The normalized spacial score (nSPS) is 11.2. The van der Waals surface area contributed by atoms with Crippen LogP contribution in [0.2, 0.25) is 0 Å². The number of rotatable bonds is 8. The van der Waals surface area contributed by atoms with Crippen molar-refractivity contribution in [2.45, 2.75) is 20.0 Å². The van der Waals surface area contributed by atoms with E-state index < -0.39 is 5.97 Å². The first-order valence-corrected chi connectivity index (χ1v) is 12.3. The third kappa shape index (κ3) is 5.73. The molecule has 0 fully saturated rings. The molecule has 0 aliphatic carbocycles. The van der Waals surface area contributed by atoms with E-state index in [2.05, 4.69) is 27.7 Å². The highest BCUT2D eigenvalue weighted by Crippen LogP contribution is 2.33. The van der Waals surface area contributed by atoms with E-state index in [-0.39, 0.29) is 18.3 Å². The number of methoxy groups -OCH3 is 1. The maximum absolute atomic E-state index is 13.3. The molecule has 4 aromatic rings. The lowest BCUT2D eigenvalue weighted by Gasteiger charge is -2.14. The zero-order valence-electron chi connectivity index (χ0n) is 20.0. The van der Waals surface area contributed by atoms with Crippen molar-refractivity contribution >= 4 is 45.7 Å². The van der Waals surface area contributed by atoms with E-state index >= 15 is 0 Å². The summed E-state index contributed by atoms with van der Waals surface area (Å²) in [6.07, 6.45) is 1.33. The van der Waals surface area contributed by atoms with Crippen molar-refractivity contribution in [2.75, 3.05) is 13.7 Å². The van der Waals surface area contributed by atoms with Gasteiger partial charge in [0, 0.05) is 5.56 Å². The van der Waals surface area contributed by atoms with Crippen LogP contribution in [0, 0.1) is 3.57 Å². The lowest BCUT2D eigenvalue weighted by molar-refractivity contribution is -0.149. The van der Waals surface area contributed by atoms with Gasteiger partial charge in [-0.1, -0.05) is 42.5 Å². The molecule has 0 aliphatic rings. The van der Waals surface area contributed by atoms with Crippen LogP contribution in [-0.2, 0) is 9.53 Å². The summed E-state index contributed by atoms with van der Waals surface area (Å²) >= 11 is 2.10. The summed E-state index contributed by atoms with van der Waals surface area (Å²) in [4.78, 5) is 29.9. The highest BCUT2D eigenvalue weighted by atomic mass is 127. The Labute approximate surface area is 221 Å². The second-order valence-electron chi connectivity index (χ2n) is 8.04. The molecule has 184 valence electrons. The molecule has 0 saturated heterocycles. The number of fused-ring (bicyclic) bond motifs is 1. The van der Waals surface area contributed by atoms with Gasteiger partial charge in [-0.2, -0.15) is 9.78 Å².